The van der Waals surface area contributed by atoms with Crippen molar-refractivity contribution in [3.63, 3.8) is 0 Å². The predicted molar refractivity (Wildman–Crippen MR) is 134 cm³/mol. The third kappa shape index (κ3) is 4.68. The Kier molecular flexibility index (Phi) is 6.33. The van der Waals surface area contributed by atoms with Gasteiger partial charge in [-0.3, -0.25) is 10.1 Å². The van der Waals surface area contributed by atoms with Gasteiger partial charge in [-0.1, -0.05) is 36.4 Å². The first-order valence-corrected chi connectivity index (χ1v) is 11.6. The maximum atomic E-state index is 14.0. The molecule has 0 saturated heterocycles. The zero-order chi connectivity index (χ0) is 24.4. The first kappa shape index (κ1) is 22.8. The Bertz CT molecular complexity index is 1400. The minimum absolute atomic E-state index is 0.0645. The normalized spacial score (nSPS) is 16.6. The summed E-state index contributed by atoms with van der Waals surface area (Å²) in [6.07, 6.45) is 6.19. The molecule has 0 bridgehead atoms. The summed E-state index contributed by atoms with van der Waals surface area (Å²) in [5, 5.41) is 13.9. The Morgan fingerprint density at radius 2 is 2.00 bits per heavy atom. The van der Waals surface area contributed by atoms with E-state index in [1.807, 2.05) is 42.5 Å². The van der Waals surface area contributed by atoms with Crippen molar-refractivity contribution >= 4 is 22.6 Å². The highest BCUT2D eigenvalue weighted by molar-refractivity contribution is 5.96. The summed E-state index contributed by atoms with van der Waals surface area (Å²) < 4.78 is 19.5. The lowest BCUT2D eigenvalue weighted by molar-refractivity contribution is -0.139. The highest BCUT2D eigenvalue weighted by Gasteiger charge is 2.25. The molecule has 0 spiro atoms. The molecule has 5 rings (SSSR count). The third-order valence-electron chi connectivity index (χ3n) is 6.52. The maximum Gasteiger partial charge on any atom is 0.325 e. The van der Waals surface area contributed by atoms with Gasteiger partial charge < -0.3 is 14.8 Å². The lowest BCUT2D eigenvalue weighted by atomic mass is 9.92. The van der Waals surface area contributed by atoms with Crippen molar-refractivity contribution in [1.82, 2.24) is 15.3 Å². The van der Waals surface area contributed by atoms with Crippen molar-refractivity contribution in [2.24, 2.45) is 0 Å². The summed E-state index contributed by atoms with van der Waals surface area (Å²) in [5.74, 6) is -0.614. The molecule has 7 heteroatoms. The number of halogens is 1. The molecule has 35 heavy (non-hydrogen) atoms. The van der Waals surface area contributed by atoms with E-state index in [-0.39, 0.29) is 11.9 Å². The van der Waals surface area contributed by atoms with Crippen LogP contribution in [0.1, 0.15) is 36.6 Å². The number of benzene rings is 2. The number of methoxy groups -OCH3 is 1. The van der Waals surface area contributed by atoms with E-state index >= 15 is 0 Å². The molecule has 2 aromatic carbocycles. The SMILES string of the molecule is COc1ccc(F)cc1-c1ccnc2[nH]c(C3=CCC(N[C@@H](C(=O)O)c4ccccc4)CC3)cc12. The number of pyridine rings is 1. The Labute approximate surface area is 202 Å². The number of carboxylic acid groups (broad SMARTS) is 1. The molecule has 178 valence electrons. The van der Waals surface area contributed by atoms with E-state index in [0.717, 1.165) is 52.7 Å². The van der Waals surface area contributed by atoms with E-state index in [1.54, 1.807) is 19.4 Å². The van der Waals surface area contributed by atoms with Crippen LogP contribution >= 0.6 is 0 Å². The standard InChI is InChI=1S/C28H26FN3O3/c1-35-25-12-9-19(29)15-22(25)21-13-14-30-27-23(21)16-24(32-27)17-7-10-20(11-8-17)31-26(28(33)34)18-5-3-2-4-6-18/h2-7,9,12-16,20,26,31H,8,10-11H2,1H3,(H,30,32)(H,33,34)/t20?,26-/m1/s1. The van der Waals surface area contributed by atoms with Gasteiger partial charge in [-0.2, -0.15) is 0 Å². The summed E-state index contributed by atoms with van der Waals surface area (Å²) in [6, 6.07) is 17.0. The van der Waals surface area contributed by atoms with Crippen LogP contribution in [-0.2, 0) is 4.79 Å². The minimum Gasteiger partial charge on any atom is -0.496 e. The van der Waals surface area contributed by atoms with Gasteiger partial charge in [0.05, 0.1) is 7.11 Å². The number of ether oxygens (including phenoxy) is 1. The number of aromatic nitrogens is 2. The smallest absolute Gasteiger partial charge is 0.325 e. The maximum absolute atomic E-state index is 14.0. The summed E-state index contributed by atoms with van der Waals surface area (Å²) >= 11 is 0. The molecule has 2 aromatic heterocycles. The number of aromatic amines is 1. The van der Waals surface area contributed by atoms with Gasteiger partial charge in [0.1, 0.15) is 23.3 Å². The monoisotopic (exact) mass is 471 g/mol. The van der Waals surface area contributed by atoms with Crippen molar-refractivity contribution in [2.75, 3.05) is 7.11 Å². The summed E-state index contributed by atoms with van der Waals surface area (Å²) in [7, 11) is 1.57. The van der Waals surface area contributed by atoms with E-state index in [0.29, 0.717) is 11.3 Å². The zero-order valence-electron chi connectivity index (χ0n) is 19.3. The number of fused-ring (bicyclic) bond motifs is 1. The highest BCUT2D eigenvalue weighted by Crippen LogP contribution is 2.37. The van der Waals surface area contributed by atoms with Crippen molar-refractivity contribution in [3.05, 3.63) is 90.0 Å². The summed E-state index contributed by atoms with van der Waals surface area (Å²) in [6.45, 7) is 0. The molecule has 6 nitrogen and oxygen atoms in total. The number of carboxylic acids is 1. The summed E-state index contributed by atoms with van der Waals surface area (Å²) in [4.78, 5) is 19.7. The van der Waals surface area contributed by atoms with Gasteiger partial charge in [0, 0.05) is 28.9 Å². The largest absolute Gasteiger partial charge is 0.496 e. The van der Waals surface area contributed by atoms with Crippen LogP contribution in [0, 0.1) is 5.82 Å². The van der Waals surface area contributed by atoms with Gasteiger partial charge in [-0.25, -0.2) is 9.37 Å². The quantitative estimate of drug-likeness (QED) is 0.320. The second kappa shape index (κ2) is 9.72. The molecule has 0 amide bonds. The second-order valence-electron chi connectivity index (χ2n) is 8.70. The number of hydrogen-bond acceptors (Lipinski definition) is 4. The van der Waals surface area contributed by atoms with Crippen molar-refractivity contribution in [1.29, 1.82) is 0 Å². The van der Waals surface area contributed by atoms with Gasteiger partial charge in [-0.15, -0.1) is 0 Å². The van der Waals surface area contributed by atoms with Gasteiger partial charge in [0.25, 0.3) is 0 Å². The molecular formula is C28H26FN3O3. The number of carbonyl (C=O) groups is 1. The Morgan fingerprint density at radius 1 is 1.17 bits per heavy atom. The highest BCUT2D eigenvalue weighted by atomic mass is 19.1. The first-order chi connectivity index (χ1) is 17.0. The average molecular weight is 472 g/mol. The second-order valence-corrected chi connectivity index (χ2v) is 8.70. The Hall–Kier alpha value is -3.97. The first-order valence-electron chi connectivity index (χ1n) is 11.6. The van der Waals surface area contributed by atoms with E-state index in [4.69, 9.17) is 4.74 Å². The number of nitrogens with one attached hydrogen (secondary N) is 2. The third-order valence-corrected chi connectivity index (χ3v) is 6.52. The zero-order valence-corrected chi connectivity index (χ0v) is 19.3. The molecule has 1 aliphatic carbocycles. The van der Waals surface area contributed by atoms with Crippen molar-refractivity contribution in [2.45, 2.75) is 31.3 Å². The molecule has 4 aromatic rings. The molecule has 1 aliphatic rings. The fraction of sp³-hybridized carbons (Fsp3) is 0.214. The van der Waals surface area contributed by atoms with Gasteiger partial charge in [0.2, 0.25) is 0 Å². The number of aliphatic carboxylic acids is 1. The van der Waals surface area contributed by atoms with E-state index < -0.39 is 12.0 Å². The molecule has 0 saturated carbocycles. The lowest BCUT2D eigenvalue weighted by Gasteiger charge is -2.26. The average Bonchev–Trinajstić information content (AvgIpc) is 3.32. The van der Waals surface area contributed by atoms with Crippen LogP contribution in [0.5, 0.6) is 5.75 Å². The van der Waals surface area contributed by atoms with Gasteiger partial charge >= 0.3 is 5.97 Å². The van der Waals surface area contributed by atoms with Crippen LogP contribution in [0.3, 0.4) is 0 Å². The molecule has 0 fully saturated rings. The van der Waals surface area contributed by atoms with Crippen molar-refractivity contribution < 1.29 is 19.0 Å². The minimum atomic E-state index is -0.882. The summed E-state index contributed by atoms with van der Waals surface area (Å²) in [5.41, 5.74) is 5.11. The number of rotatable bonds is 7. The number of H-pyrrole nitrogens is 1. The molecule has 2 atom stereocenters. The number of allylic oxidation sites excluding steroid dienone is 1. The Morgan fingerprint density at radius 3 is 2.71 bits per heavy atom. The number of nitrogens with zero attached hydrogens (tertiary/aromatic N) is 1. The lowest BCUT2D eigenvalue weighted by Crippen LogP contribution is -2.37. The van der Waals surface area contributed by atoms with Crippen LogP contribution in [0.2, 0.25) is 0 Å². The molecule has 0 radical (unpaired) electrons. The van der Waals surface area contributed by atoms with E-state index in [9.17, 15) is 14.3 Å². The molecule has 1 unspecified atom stereocenters. The predicted octanol–water partition coefficient (Wildman–Crippen LogP) is 5.73. The van der Waals surface area contributed by atoms with Crippen LogP contribution in [0.25, 0.3) is 27.7 Å². The van der Waals surface area contributed by atoms with Gasteiger partial charge in [0.15, 0.2) is 0 Å². The fourth-order valence-corrected chi connectivity index (χ4v) is 4.75. The van der Waals surface area contributed by atoms with Crippen molar-refractivity contribution in [3.8, 4) is 16.9 Å². The van der Waals surface area contributed by atoms with Crippen LogP contribution in [0.4, 0.5) is 4.39 Å². The number of hydrogen-bond donors (Lipinski definition) is 3. The van der Waals surface area contributed by atoms with Crippen LogP contribution in [0.15, 0.2) is 72.9 Å². The van der Waals surface area contributed by atoms with Gasteiger partial charge in [-0.05, 0) is 66.3 Å². The molecular weight excluding hydrogens is 445 g/mol. The fourth-order valence-electron chi connectivity index (χ4n) is 4.75. The molecule has 3 N–H and O–H groups in total. The van der Waals surface area contributed by atoms with Crippen LogP contribution < -0.4 is 10.1 Å². The topological polar surface area (TPSA) is 87.2 Å². The van der Waals surface area contributed by atoms with E-state index in [1.165, 1.54) is 12.1 Å². The molecule has 2 heterocycles. The van der Waals surface area contributed by atoms with Crippen LogP contribution in [-0.4, -0.2) is 34.2 Å². The molecule has 0 aliphatic heterocycles. The van der Waals surface area contributed by atoms with E-state index in [2.05, 4.69) is 21.4 Å². The Balaban J connectivity index is 1.39.